The predicted octanol–water partition coefficient (Wildman–Crippen LogP) is 6.14. The first-order valence-corrected chi connectivity index (χ1v) is 11.2. The highest BCUT2D eigenvalue weighted by Crippen LogP contribution is 2.37. The number of imidazole rings is 1. The molecule has 1 aliphatic carbocycles. The first-order valence-electron chi connectivity index (χ1n) is 11.2. The molecule has 0 atom stereocenters. The number of hydrogen-bond donors (Lipinski definition) is 1. The number of benzene rings is 3. The van der Waals surface area contributed by atoms with Gasteiger partial charge in [0.05, 0.1) is 23.2 Å². The van der Waals surface area contributed by atoms with Crippen molar-refractivity contribution in [3.8, 4) is 17.1 Å². The van der Waals surface area contributed by atoms with Crippen LogP contribution in [0.4, 0.5) is 0 Å². The molecule has 3 aromatic carbocycles. The fourth-order valence-electron chi connectivity index (χ4n) is 4.60. The minimum absolute atomic E-state index is 0.266. The lowest BCUT2D eigenvalue weighted by Gasteiger charge is -2.17. The third-order valence-electron chi connectivity index (χ3n) is 6.24. The van der Waals surface area contributed by atoms with E-state index in [0.29, 0.717) is 12.6 Å². The molecular weight excluding hydrogens is 400 g/mol. The summed E-state index contributed by atoms with van der Waals surface area (Å²) in [6, 6.07) is 24.0. The molecule has 1 aromatic heterocycles. The van der Waals surface area contributed by atoms with Crippen molar-refractivity contribution in [1.29, 1.82) is 0 Å². The first kappa shape index (κ1) is 20.3. The fourth-order valence-corrected chi connectivity index (χ4v) is 4.60. The van der Waals surface area contributed by atoms with E-state index in [-0.39, 0.29) is 5.56 Å². The van der Waals surface area contributed by atoms with Gasteiger partial charge in [0.25, 0.3) is 0 Å². The van der Waals surface area contributed by atoms with E-state index in [4.69, 9.17) is 9.72 Å². The SMILES string of the molecule is O=C(O)c1ccc2c(c1)nc(-c1ccc(OCCc3ccccc3)cc1)n2C1CCCC1. The van der Waals surface area contributed by atoms with Crippen molar-refractivity contribution in [2.45, 2.75) is 38.1 Å². The highest BCUT2D eigenvalue weighted by molar-refractivity contribution is 5.93. The van der Waals surface area contributed by atoms with Crippen LogP contribution in [0.3, 0.4) is 0 Å². The van der Waals surface area contributed by atoms with Crippen LogP contribution in [0.1, 0.15) is 47.6 Å². The van der Waals surface area contributed by atoms with E-state index in [9.17, 15) is 9.90 Å². The molecule has 1 heterocycles. The van der Waals surface area contributed by atoms with E-state index in [1.165, 1.54) is 18.4 Å². The zero-order valence-electron chi connectivity index (χ0n) is 17.9. The Morgan fingerprint density at radius 3 is 2.47 bits per heavy atom. The first-order chi connectivity index (χ1) is 15.7. The van der Waals surface area contributed by atoms with Gasteiger partial charge in [-0.1, -0.05) is 43.2 Å². The minimum Gasteiger partial charge on any atom is -0.493 e. The Balaban J connectivity index is 1.41. The molecule has 5 nitrogen and oxygen atoms in total. The molecule has 32 heavy (non-hydrogen) atoms. The van der Waals surface area contributed by atoms with Crippen LogP contribution in [0.5, 0.6) is 5.75 Å². The Morgan fingerprint density at radius 1 is 1.00 bits per heavy atom. The van der Waals surface area contributed by atoms with Gasteiger partial charge in [-0.05, 0) is 60.9 Å². The van der Waals surface area contributed by atoms with E-state index in [1.807, 2.05) is 48.5 Å². The van der Waals surface area contributed by atoms with Crippen molar-refractivity contribution in [3.05, 3.63) is 83.9 Å². The lowest BCUT2D eigenvalue weighted by Crippen LogP contribution is -2.07. The molecule has 0 unspecified atom stereocenters. The van der Waals surface area contributed by atoms with E-state index >= 15 is 0 Å². The number of aromatic carboxylic acids is 1. The van der Waals surface area contributed by atoms with E-state index < -0.39 is 5.97 Å². The summed E-state index contributed by atoms with van der Waals surface area (Å²) in [5, 5.41) is 9.37. The number of fused-ring (bicyclic) bond motifs is 1. The molecule has 5 heteroatoms. The monoisotopic (exact) mass is 426 g/mol. The number of ether oxygens (including phenoxy) is 1. The van der Waals surface area contributed by atoms with Crippen molar-refractivity contribution in [2.24, 2.45) is 0 Å². The van der Waals surface area contributed by atoms with Crippen LogP contribution in [-0.2, 0) is 6.42 Å². The zero-order valence-corrected chi connectivity index (χ0v) is 17.9. The Hall–Kier alpha value is -3.60. The maximum Gasteiger partial charge on any atom is 0.335 e. The molecule has 1 N–H and O–H groups in total. The van der Waals surface area contributed by atoms with Gasteiger partial charge in [-0.2, -0.15) is 0 Å². The molecule has 0 bridgehead atoms. The van der Waals surface area contributed by atoms with Crippen molar-refractivity contribution in [3.63, 3.8) is 0 Å². The van der Waals surface area contributed by atoms with Gasteiger partial charge in [0.15, 0.2) is 0 Å². The standard InChI is InChI=1S/C27H26N2O3/c30-27(31)21-12-15-25-24(18-21)28-26(29(25)22-8-4-5-9-22)20-10-13-23(14-11-20)32-17-16-19-6-2-1-3-7-19/h1-3,6-7,10-15,18,22H,4-5,8-9,16-17H2,(H,30,31). The molecule has 5 rings (SSSR count). The number of carboxylic acids is 1. The fraction of sp³-hybridized carbons (Fsp3) is 0.259. The van der Waals surface area contributed by atoms with Gasteiger partial charge < -0.3 is 14.4 Å². The highest BCUT2D eigenvalue weighted by atomic mass is 16.5. The van der Waals surface area contributed by atoms with Crippen LogP contribution in [0, 0.1) is 0 Å². The Morgan fingerprint density at radius 2 is 1.75 bits per heavy atom. The predicted molar refractivity (Wildman–Crippen MR) is 125 cm³/mol. The van der Waals surface area contributed by atoms with E-state index in [1.54, 1.807) is 12.1 Å². The van der Waals surface area contributed by atoms with Crippen molar-refractivity contribution in [1.82, 2.24) is 9.55 Å². The third kappa shape index (κ3) is 4.11. The third-order valence-corrected chi connectivity index (χ3v) is 6.24. The average molecular weight is 427 g/mol. The van der Waals surface area contributed by atoms with Gasteiger partial charge in [-0.25, -0.2) is 9.78 Å². The summed E-state index contributed by atoms with van der Waals surface area (Å²) in [6.07, 6.45) is 5.54. The average Bonchev–Trinajstić information content (AvgIpc) is 3.47. The Labute approximate surface area is 187 Å². The molecule has 1 saturated carbocycles. The second-order valence-corrected chi connectivity index (χ2v) is 8.36. The molecule has 0 radical (unpaired) electrons. The molecule has 0 spiro atoms. The molecule has 4 aromatic rings. The highest BCUT2D eigenvalue weighted by Gasteiger charge is 2.24. The lowest BCUT2D eigenvalue weighted by atomic mass is 10.1. The van der Waals surface area contributed by atoms with Crippen LogP contribution in [-0.4, -0.2) is 27.2 Å². The summed E-state index contributed by atoms with van der Waals surface area (Å²) in [4.78, 5) is 16.3. The van der Waals surface area contributed by atoms with Crippen LogP contribution in [0.25, 0.3) is 22.4 Å². The lowest BCUT2D eigenvalue weighted by molar-refractivity contribution is 0.0697. The Kier molecular flexibility index (Phi) is 5.63. The molecule has 1 fully saturated rings. The maximum absolute atomic E-state index is 11.4. The van der Waals surface area contributed by atoms with Crippen molar-refractivity contribution in [2.75, 3.05) is 6.61 Å². The van der Waals surface area contributed by atoms with Crippen LogP contribution in [0.2, 0.25) is 0 Å². The smallest absolute Gasteiger partial charge is 0.335 e. The summed E-state index contributed by atoms with van der Waals surface area (Å²) in [5.74, 6) is 0.799. The van der Waals surface area contributed by atoms with Crippen LogP contribution >= 0.6 is 0 Å². The molecule has 162 valence electrons. The van der Waals surface area contributed by atoms with Gasteiger partial charge >= 0.3 is 5.97 Å². The second-order valence-electron chi connectivity index (χ2n) is 8.36. The van der Waals surface area contributed by atoms with Crippen LogP contribution < -0.4 is 4.74 Å². The number of aromatic nitrogens is 2. The number of rotatable bonds is 7. The van der Waals surface area contributed by atoms with Crippen LogP contribution in [0.15, 0.2) is 72.8 Å². The number of carboxylic acid groups (broad SMARTS) is 1. The van der Waals surface area contributed by atoms with Crippen molar-refractivity contribution < 1.29 is 14.6 Å². The zero-order chi connectivity index (χ0) is 21.9. The number of hydrogen-bond acceptors (Lipinski definition) is 3. The maximum atomic E-state index is 11.4. The van der Waals surface area contributed by atoms with Gasteiger partial charge in [0.2, 0.25) is 0 Å². The molecular formula is C27H26N2O3. The minimum atomic E-state index is -0.930. The Bertz CT molecular complexity index is 1220. The molecule has 0 aliphatic heterocycles. The van der Waals surface area contributed by atoms with Gasteiger partial charge in [0, 0.05) is 18.0 Å². The van der Waals surface area contributed by atoms with Gasteiger partial charge in [-0.15, -0.1) is 0 Å². The number of nitrogens with zero attached hydrogens (tertiary/aromatic N) is 2. The summed E-state index contributed by atoms with van der Waals surface area (Å²) >= 11 is 0. The second kappa shape index (κ2) is 8.87. The summed E-state index contributed by atoms with van der Waals surface area (Å²) < 4.78 is 8.24. The summed E-state index contributed by atoms with van der Waals surface area (Å²) in [7, 11) is 0. The summed E-state index contributed by atoms with van der Waals surface area (Å²) in [5.41, 5.74) is 4.27. The molecule has 0 saturated heterocycles. The molecule has 1 aliphatic rings. The molecule has 0 amide bonds. The topological polar surface area (TPSA) is 64.3 Å². The van der Waals surface area contributed by atoms with E-state index in [2.05, 4.69) is 16.7 Å². The quantitative estimate of drug-likeness (QED) is 0.386. The largest absolute Gasteiger partial charge is 0.493 e. The number of carbonyl (C=O) groups is 1. The normalized spacial score (nSPS) is 14.1. The van der Waals surface area contributed by atoms with Crippen molar-refractivity contribution >= 4 is 17.0 Å². The summed E-state index contributed by atoms with van der Waals surface area (Å²) in [6.45, 7) is 0.627. The van der Waals surface area contributed by atoms with Gasteiger partial charge in [0.1, 0.15) is 11.6 Å². The van der Waals surface area contributed by atoms with E-state index in [0.717, 1.165) is 47.4 Å². The van der Waals surface area contributed by atoms with Gasteiger partial charge in [-0.3, -0.25) is 0 Å².